The van der Waals surface area contributed by atoms with Crippen LogP contribution in [-0.4, -0.2) is 65.9 Å². The van der Waals surface area contributed by atoms with Crippen LogP contribution in [0.5, 0.6) is 5.88 Å². The summed E-state index contributed by atoms with van der Waals surface area (Å²) in [6.07, 6.45) is 0.991. The van der Waals surface area contributed by atoms with Crippen molar-refractivity contribution in [2.24, 2.45) is 13.0 Å². The van der Waals surface area contributed by atoms with Crippen LogP contribution in [0.3, 0.4) is 0 Å². The molecule has 1 aliphatic rings. The summed E-state index contributed by atoms with van der Waals surface area (Å²) in [6, 6.07) is 0.134. The zero-order valence-corrected chi connectivity index (χ0v) is 14.4. The van der Waals surface area contributed by atoms with Crippen molar-refractivity contribution < 1.29 is 9.53 Å². The van der Waals surface area contributed by atoms with E-state index in [0.29, 0.717) is 17.5 Å². The van der Waals surface area contributed by atoms with Crippen LogP contribution < -0.4 is 10.1 Å². The zero-order chi connectivity index (χ0) is 16.4. The minimum Gasteiger partial charge on any atom is -0.480 e. The van der Waals surface area contributed by atoms with E-state index in [-0.39, 0.29) is 12.1 Å². The standard InChI is InChI=1S/C15H27N5O2/c1-10-9-18(3)8-7-12(10)19(4)15(21)16-13-11(2)17-20(5)14(13)22-6/h10,12H,7-9H2,1-6H3,(H,16,21)/t10-,12+/m1/s1. The lowest BCUT2D eigenvalue weighted by molar-refractivity contribution is 0.113. The number of hydrogen-bond donors (Lipinski definition) is 1. The summed E-state index contributed by atoms with van der Waals surface area (Å²) in [4.78, 5) is 16.7. The van der Waals surface area contributed by atoms with Crippen molar-refractivity contribution in [1.82, 2.24) is 19.6 Å². The molecule has 2 atom stereocenters. The summed E-state index contributed by atoms with van der Waals surface area (Å²) >= 11 is 0. The number of piperidine rings is 1. The molecule has 0 saturated carbocycles. The predicted octanol–water partition coefficient (Wildman–Crippen LogP) is 1.54. The normalized spacial score (nSPS) is 22.5. The third kappa shape index (κ3) is 3.19. The first-order valence-electron chi connectivity index (χ1n) is 7.65. The van der Waals surface area contributed by atoms with E-state index in [1.807, 2.05) is 18.9 Å². The number of aromatic nitrogens is 2. The molecule has 0 unspecified atom stereocenters. The number of nitrogens with one attached hydrogen (secondary N) is 1. The number of likely N-dealkylation sites (tertiary alicyclic amines) is 1. The van der Waals surface area contributed by atoms with E-state index in [4.69, 9.17) is 4.74 Å². The Morgan fingerprint density at radius 2 is 2.14 bits per heavy atom. The van der Waals surface area contributed by atoms with Crippen LogP contribution in [0.4, 0.5) is 10.5 Å². The van der Waals surface area contributed by atoms with Gasteiger partial charge in [0, 0.05) is 26.7 Å². The molecule has 0 radical (unpaired) electrons. The van der Waals surface area contributed by atoms with Crippen LogP contribution >= 0.6 is 0 Å². The number of methoxy groups -OCH3 is 1. The van der Waals surface area contributed by atoms with Gasteiger partial charge in [-0.1, -0.05) is 6.92 Å². The smallest absolute Gasteiger partial charge is 0.322 e. The fourth-order valence-corrected chi connectivity index (χ4v) is 3.28. The minimum atomic E-state index is -0.115. The third-order valence-corrected chi connectivity index (χ3v) is 4.48. The zero-order valence-electron chi connectivity index (χ0n) is 14.4. The van der Waals surface area contributed by atoms with Crippen molar-refractivity contribution in [2.75, 3.05) is 39.6 Å². The first-order chi connectivity index (χ1) is 10.3. The number of carbonyl (C=O) groups is 1. The summed E-state index contributed by atoms with van der Waals surface area (Å²) in [6.45, 7) is 6.08. The lowest BCUT2D eigenvalue weighted by atomic mass is 9.93. The number of aryl methyl sites for hydroxylation is 2. The van der Waals surface area contributed by atoms with Crippen LogP contribution in [0, 0.1) is 12.8 Å². The highest BCUT2D eigenvalue weighted by Gasteiger charge is 2.30. The molecule has 7 nitrogen and oxygen atoms in total. The van der Waals surface area contributed by atoms with Gasteiger partial charge in [-0.2, -0.15) is 5.10 Å². The van der Waals surface area contributed by atoms with Crippen molar-refractivity contribution in [3.63, 3.8) is 0 Å². The maximum atomic E-state index is 12.6. The average Bonchev–Trinajstić information content (AvgIpc) is 2.72. The number of hydrogen-bond acceptors (Lipinski definition) is 4. The van der Waals surface area contributed by atoms with Crippen LogP contribution in [0.25, 0.3) is 0 Å². The number of anilines is 1. The fraction of sp³-hybridized carbons (Fsp3) is 0.733. The molecule has 0 aromatic carbocycles. The second kappa shape index (κ2) is 6.56. The fourth-order valence-electron chi connectivity index (χ4n) is 3.28. The number of carbonyl (C=O) groups excluding carboxylic acids is 1. The summed E-state index contributed by atoms with van der Waals surface area (Å²) in [5.41, 5.74) is 1.39. The summed E-state index contributed by atoms with van der Waals surface area (Å²) in [7, 11) is 7.36. The van der Waals surface area contributed by atoms with E-state index in [1.165, 1.54) is 0 Å². The molecule has 1 N–H and O–H groups in total. The Balaban J connectivity index is 2.09. The SMILES string of the molecule is COc1c(NC(=O)N(C)[C@H]2CCN(C)C[C@H]2C)c(C)nn1C. The first kappa shape index (κ1) is 16.6. The number of urea groups is 1. The molecule has 7 heteroatoms. The molecule has 2 amide bonds. The van der Waals surface area contributed by atoms with Crippen molar-refractivity contribution in [3.05, 3.63) is 5.69 Å². The van der Waals surface area contributed by atoms with Gasteiger partial charge in [0.2, 0.25) is 5.88 Å². The third-order valence-electron chi connectivity index (χ3n) is 4.48. The summed E-state index contributed by atoms with van der Waals surface area (Å²) in [5, 5.41) is 7.23. The average molecular weight is 309 g/mol. The summed E-state index contributed by atoms with van der Waals surface area (Å²) < 4.78 is 6.95. The monoisotopic (exact) mass is 309 g/mol. The lowest BCUT2D eigenvalue weighted by Gasteiger charge is -2.39. The Morgan fingerprint density at radius 1 is 1.45 bits per heavy atom. The molecule has 1 aromatic heterocycles. The van der Waals surface area contributed by atoms with Gasteiger partial charge >= 0.3 is 6.03 Å². The molecule has 2 heterocycles. The molecule has 0 aliphatic carbocycles. The molecule has 124 valence electrons. The molecule has 2 rings (SSSR count). The molecule has 1 aromatic rings. The van der Waals surface area contributed by atoms with Crippen molar-refractivity contribution in [2.45, 2.75) is 26.3 Å². The van der Waals surface area contributed by atoms with E-state index < -0.39 is 0 Å². The van der Waals surface area contributed by atoms with E-state index >= 15 is 0 Å². The number of amides is 2. The Morgan fingerprint density at radius 3 is 2.73 bits per heavy atom. The highest BCUT2D eigenvalue weighted by Crippen LogP contribution is 2.28. The van der Waals surface area contributed by atoms with Gasteiger partial charge in [-0.05, 0) is 32.9 Å². The van der Waals surface area contributed by atoms with Gasteiger partial charge in [0.15, 0.2) is 0 Å². The molecular formula is C15H27N5O2. The van der Waals surface area contributed by atoms with E-state index in [1.54, 1.807) is 18.8 Å². The number of nitrogens with zero attached hydrogens (tertiary/aromatic N) is 4. The van der Waals surface area contributed by atoms with E-state index in [9.17, 15) is 4.79 Å². The molecular weight excluding hydrogens is 282 g/mol. The van der Waals surface area contributed by atoms with Gasteiger partial charge in [0.25, 0.3) is 0 Å². The lowest BCUT2D eigenvalue weighted by Crippen LogP contribution is -2.50. The van der Waals surface area contributed by atoms with Crippen molar-refractivity contribution >= 4 is 11.7 Å². The second-order valence-electron chi connectivity index (χ2n) is 6.23. The van der Waals surface area contributed by atoms with Gasteiger partial charge in [-0.25, -0.2) is 9.48 Å². The highest BCUT2D eigenvalue weighted by atomic mass is 16.5. The van der Waals surface area contributed by atoms with E-state index in [0.717, 1.165) is 25.2 Å². The Bertz CT molecular complexity index is 542. The van der Waals surface area contributed by atoms with Gasteiger partial charge in [0.05, 0.1) is 12.8 Å². The Hall–Kier alpha value is -1.76. The van der Waals surface area contributed by atoms with Crippen LogP contribution in [0.1, 0.15) is 19.0 Å². The molecule has 0 bridgehead atoms. The Kier molecular flexibility index (Phi) is 4.95. The quantitative estimate of drug-likeness (QED) is 0.920. The van der Waals surface area contributed by atoms with E-state index in [2.05, 4.69) is 29.3 Å². The van der Waals surface area contributed by atoms with Crippen LogP contribution in [0.15, 0.2) is 0 Å². The largest absolute Gasteiger partial charge is 0.480 e. The van der Waals surface area contributed by atoms with Crippen molar-refractivity contribution in [3.8, 4) is 5.88 Å². The number of ether oxygens (including phenoxy) is 1. The van der Waals surface area contributed by atoms with Gasteiger partial charge < -0.3 is 19.9 Å². The summed E-state index contributed by atoms with van der Waals surface area (Å²) in [5.74, 6) is 1.02. The first-order valence-corrected chi connectivity index (χ1v) is 7.65. The van der Waals surface area contributed by atoms with Gasteiger partial charge in [0.1, 0.15) is 5.69 Å². The Labute approximate surface area is 132 Å². The molecule has 1 aliphatic heterocycles. The maximum Gasteiger partial charge on any atom is 0.322 e. The topological polar surface area (TPSA) is 62.6 Å². The van der Waals surface area contributed by atoms with Crippen LogP contribution in [-0.2, 0) is 7.05 Å². The molecule has 22 heavy (non-hydrogen) atoms. The minimum absolute atomic E-state index is 0.115. The maximum absolute atomic E-state index is 12.6. The van der Waals surface area contributed by atoms with Crippen molar-refractivity contribution in [1.29, 1.82) is 0 Å². The molecule has 1 saturated heterocycles. The van der Waals surface area contributed by atoms with Crippen LogP contribution in [0.2, 0.25) is 0 Å². The predicted molar refractivity (Wildman–Crippen MR) is 86.3 cm³/mol. The highest BCUT2D eigenvalue weighted by molar-refractivity contribution is 5.91. The van der Waals surface area contributed by atoms with Gasteiger partial charge in [-0.15, -0.1) is 0 Å². The molecule has 1 fully saturated rings. The molecule has 0 spiro atoms. The number of rotatable bonds is 3. The second-order valence-corrected chi connectivity index (χ2v) is 6.23. The van der Waals surface area contributed by atoms with Gasteiger partial charge in [-0.3, -0.25) is 0 Å².